The third kappa shape index (κ3) is 5.64. The predicted octanol–water partition coefficient (Wildman–Crippen LogP) is 5.29. The SMILES string of the molecule is CNC(=O)Cn1cc(-c2cc3c(cc2C(F)F)N(C(C(C)C)N(C)C(=O)c2cnc4ccccc4c2)CCC3)cn1. The van der Waals surface area contributed by atoms with Crippen LogP contribution in [0.4, 0.5) is 14.5 Å². The van der Waals surface area contributed by atoms with E-state index in [0.717, 1.165) is 29.3 Å². The normalized spacial score (nSPS) is 13.9. The highest BCUT2D eigenvalue weighted by molar-refractivity contribution is 5.97. The monoisotopic (exact) mass is 560 g/mol. The van der Waals surface area contributed by atoms with Gasteiger partial charge in [-0.05, 0) is 54.2 Å². The first kappa shape index (κ1) is 28.2. The molecule has 1 aliphatic rings. The first-order valence-electron chi connectivity index (χ1n) is 13.7. The minimum absolute atomic E-state index is 0.00237. The zero-order chi connectivity index (χ0) is 29.3. The van der Waals surface area contributed by atoms with Crippen LogP contribution in [0.2, 0.25) is 0 Å². The third-order valence-electron chi connectivity index (χ3n) is 7.64. The Morgan fingerprint density at radius 1 is 1.12 bits per heavy atom. The first-order valence-corrected chi connectivity index (χ1v) is 13.7. The van der Waals surface area contributed by atoms with Gasteiger partial charge in [-0.1, -0.05) is 32.0 Å². The number of amides is 2. The van der Waals surface area contributed by atoms with Gasteiger partial charge in [-0.15, -0.1) is 0 Å². The van der Waals surface area contributed by atoms with E-state index in [-0.39, 0.29) is 36.0 Å². The van der Waals surface area contributed by atoms with Crippen LogP contribution in [-0.4, -0.2) is 58.3 Å². The van der Waals surface area contributed by atoms with Crippen molar-refractivity contribution in [2.24, 2.45) is 5.92 Å². The van der Waals surface area contributed by atoms with E-state index in [9.17, 15) is 18.4 Å². The molecule has 0 fully saturated rings. The number of carbonyl (C=O) groups is 2. The zero-order valence-corrected chi connectivity index (χ0v) is 23.6. The number of halogens is 2. The molecule has 0 saturated heterocycles. The van der Waals surface area contributed by atoms with Crippen molar-refractivity contribution < 1.29 is 18.4 Å². The topological polar surface area (TPSA) is 83.4 Å². The summed E-state index contributed by atoms with van der Waals surface area (Å²) in [5.74, 6) is -0.392. The number of carbonyl (C=O) groups excluding carboxylic acids is 2. The number of aromatic nitrogens is 3. The summed E-state index contributed by atoms with van der Waals surface area (Å²) in [6.07, 6.45) is 3.18. The summed E-state index contributed by atoms with van der Waals surface area (Å²) in [7, 11) is 3.30. The van der Waals surface area contributed by atoms with Crippen molar-refractivity contribution >= 4 is 28.4 Å². The van der Waals surface area contributed by atoms with E-state index < -0.39 is 6.43 Å². The van der Waals surface area contributed by atoms with Crippen molar-refractivity contribution in [3.05, 3.63) is 77.7 Å². The number of aryl methyl sites for hydroxylation is 1. The standard InChI is InChI=1S/C31H34F2N6O2/c1-19(2)30(37(4)31(41)22-12-20-8-5-6-10-26(20)35-15-22)39-11-7-9-21-13-24(25(29(32)33)14-27(21)39)23-16-36-38(17-23)18-28(40)34-3/h5-6,8,10,12-17,19,29-30H,7,9,11,18H2,1-4H3,(H,34,40). The van der Waals surface area contributed by atoms with E-state index in [1.165, 1.54) is 17.9 Å². The fourth-order valence-electron chi connectivity index (χ4n) is 5.73. The maximum Gasteiger partial charge on any atom is 0.264 e. The highest BCUT2D eigenvalue weighted by atomic mass is 19.3. The van der Waals surface area contributed by atoms with Crippen molar-refractivity contribution in [3.63, 3.8) is 0 Å². The van der Waals surface area contributed by atoms with E-state index in [0.29, 0.717) is 28.9 Å². The zero-order valence-electron chi connectivity index (χ0n) is 23.6. The number of alkyl halides is 2. The van der Waals surface area contributed by atoms with Gasteiger partial charge in [0.15, 0.2) is 0 Å². The summed E-state index contributed by atoms with van der Waals surface area (Å²) in [4.78, 5) is 33.7. The predicted molar refractivity (Wildman–Crippen MR) is 155 cm³/mol. The molecule has 1 N–H and O–H groups in total. The lowest BCUT2D eigenvalue weighted by Gasteiger charge is -2.44. The van der Waals surface area contributed by atoms with Gasteiger partial charge in [-0.3, -0.25) is 19.3 Å². The van der Waals surface area contributed by atoms with E-state index in [4.69, 9.17) is 0 Å². The van der Waals surface area contributed by atoms with Crippen LogP contribution in [0.1, 0.15) is 48.2 Å². The third-order valence-corrected chi connectivity index (χ3v) is 7.64. The number of rotatable bonds is 8. The molecule has 0 radical (unpaired) electrons. The average molecular weight is 561 g/mol. The summed E-state index contributed by atoms with van der Waals surface area (Å²) >= 11 is 0. The molecule has 214 valence electrons. The smallest absolute Gasteiger partial charge is 0.264 e. The highest BCUT2D eigenvalue weighted by Crippen LogP contribution is 2.40. The van der Waals surface area contributed by atoms with E-state index in [1.807, 2.05) is 50.2 Å². The molecular formula is C31H34F2N6O2. The minimum atomic E-state index is -2.72. The summed E-state index contributed by atoms with van der Waals surface area (Å²) in [5, 5.41) is 7.62. The number of hydrogen-bond donors (Lipinski definition) is 1. The molecule has 0 aliphatic carbocycles. The van der Waals surface area contributed by atoms with E-state index in [1.54, 1.807) is 30.4 Å². The molecule has 10 heteroatoms. The maximum atomic E-state index is 14.5. The van der Waals surface area contributed by atoms with Gasteiger partial charge in [0.25, 0.3) is 12.3 Å². The molecule has 5 rings (SSSR count). The van der Waals surface area contributed by atoms with Gasteiger partial charge in [0.1, 0.15) is 12.7 Å². The van der Waals surface area contributed by atoms with Crippen LogP contribution in [-0.2, 0) is 17.8 Å². The van der Waals surface area contributed by atoms with Crippen molar-refractivity contribution in [1.82, 2.24) is 25.0 Å². The molecule has 1 unspecified atom stereocenters. The van der Waals surface area contributed by atoms with Crippen LogP contribution < -0.4 is 10.2 Å². The second kappa shape index (κ2) is 11.6. The number of nitrogens with zero attached hydrogens (tertiary/aromatic N) is 5. The molecule has 2 aromatic heterocycles. The van der Waals surface area contributed by atoms with Crippen LogP contribution in [0.25, 0.3) is 22.0 Å². The number of nitrogens with one attached hydrogen (secondary N) is 1. The molecule has 1 aliphatic heterocycles. The number of pyridine rings is 1. The molecule has 8 nitrogen and oxygen atoms in total. The van der Waals surface area contributed by atoms with Crippen LogP contribution >= 0.6 is 0 Å². The lowest BCUT2D eigenvalue weighted by Crippen LogP contribution is -2.53. The number of benzene rings is 2. The summed E-state index contributed by atoms with van der Waals surface area (Å²) < 4.78 is 30.4. The van der Waals surface area contributed by atoms with Crippen molar-refractivity contribution in [2.45, 2.75) is 45.8 Å². The second-order valence-electron chi connectivity index (χ2n) is 10.8. The Morgan fingerprint density at radius 3 is 2.63 bits per heavy atom. The Bertz CT molecular complexity index is 1580. The summed E-state index contributed by atoms with van der Waals surface area (Å²) in [5.41, 5.74) is 3.76. The highest BCUT2D eigenvalue weighted by Gasteiger charge is 2.34. The van der Waals surface area contributed by atoms with Gasteiger partial charge in [-0.25, -0.2) is 8.78 Å². The van der Waals surface area contributed by atoms with Crippen molar-refractivity contribution in [1.29, 1.82) is 0 Å². The van der Waals surface area contributed by atoms with Crippen LogP contribution in [0.5, 0.6) is 0 Å². The second-order valence-corrected chi connectivity index (χ2v) is 10.8. The Morgan fingerprint density at radius 2 is 1.90 bits per heavy atom. The number of para-hydroxylation sites is 1. The molecule has 0 saturated carbocycles. The van der Waals surface area contributed by atoms with E-state index >= 15 is 0 Å². The van der Waals surface area contributed by atoms with Crippen LogP contribution in [0.3, 0.4) is 0 Å². The van der Waals surface area contributed by atoms with Crippen molar-refractivity contribution in [3.8, 4) is 11.1 Å². The van der Waals surface area contributed by atoms with Gasteiger partial charge in [0.05, 0.1) is 17.3 Å². The molecule has 3 heterocycles. The Balaban J connectivity index is 1.50. The van der Waals surface area contributed by atoms with Gasteiger partial charge in [-0.2, -0.15) is 5.10 Å². The van der Waals surface area contributed by atoms with E-state index in [2.05, 4.69) is 20.3 Å². The summed E-state index contributed by atoms with van der Waals surface area (Å²) in [6, 6.07) is 12.9. The first-order chi connectivity index (χ1) is 19.7. The molecule has 2 amide bonds. The van der Waals surface area contributed by atoms with Crippen LogP contribution in [0.15, 0.2) is 61.1 Å². The molecule has 4 aromatic rings. The number of hydrogen-bond acceptors (Lipinski definition) is 5. The molecule has 0 bridgehead atoms. The fourth-order valence-corrected chi connectivity index (χ4v) is 5.73. The lowest BCUT2D eigenvalue weighted by molar-refractivity contribution is -0.121. The van der Waals surface area contributed by atoms with Gasteiger partial charge >= 0.3 is 0 Å². The number of anilines is 1. The van der Waals surface area contributed by atoms with Gasteiger partial charge in [0, 0.05) is 55.2 Å². The quantitative estimate of drug-likeness (QED) is 0.317. The molecule has 2 aromatic carbocycles. The lowest BCUT2D eigenvalue weighted by atomic mass is 9.92. The fraction of sp³-hybridized carbons (Fsp3) is 0.355. The molecule has 0 spiro atoms. The Hall–Kier alpha value is -4.34. The molecular weight excluding hydrogens is 526 g/mol. The van der Waals surface area contributed by atoms with Gasteiger partial charge < -0.3 is 15.1 Å². The Kier molecular flexibility index (Phi) is 8.01. The van der Waals surface area contributed by atoms with Gasteiger partial charge in [0.2, 0.25) is 5.91 Å². The average Bonchev–Trinajstić information content (AvgIpc) is 3.43. The number of likely N-dealkylation sites (N-methyl/N-ethyl adjacent to an activating group) is 1. The largest absolute Gasteiger partial charge is 0.358 e. The number of fused-ring (bicyclic) bond motifs is 2. The van der Waals surface area contributed by atoms with Crippen molar-refractivity contribution in [2.75, 3.05) is 25.5 Å². The minimum Gasteiger partial charge on any atom is -0.358 e. The molecule has 41 heavy (non-hydrogen) atoms. The Labute approximate surface area is 238 Å². The maximum absolute atomic E-state index is 14.5. The van der Waals surface area contributed by atoms with Crippen LogP contribution in [0, 0.1) is 5.92 Å². The summed E-state index contributed by atoms with van der Waals surface area (Å²) in [6.45, 7) is 4.70. The molecule has 1 atom stereocenters.